The Kier molecular flexibility index (Phi) is 3.72. The van der Waals surface area contributed by atoms with Gasteiger partial charge in [-0.2, -0.15) is 0 Å². The van der Waals surface area contributed by atoms with E-state index in [1.165, 1.54) is 16.3 Å². The standard InChI is InChI=1S/C12H17GeN5/c1-13(2,3)11-6-9(4-5-10(11)7-14)12-17-15-8-16-18-12/h4-6,8H,7,14H2,1-3H3. The van der Waals surface area contributed by atoms with Crippen LogP contribution in [0, 0.1) is 0 Å². The Hall–Kier alpha value is -1.34. The molecule has 0 radical (unpaired) electrons. The fourth-order valence-corrected chi connectivity index (χ4v) is 5.56. The Labute approximate surface area is 109 Å². The third-order valence-electron chi connectivity index (χ3n) is 2.80. The molecule has 5 nitrogen and oxygen atoms in total. The third-order valence-corrected chi connectivity index (χ3v) is 7.17. The van der Waals surface area contributed by atoms with Gasteiger partial charge in [0.25, 0.3) is 0 Å². The Morgan fingerprint density at radius 3 is 2.33 bits per heavy atom. The molecule has 0 spiro atoms. The van der Waals surface area contributed by atoms with Crippen molar-refractivity contribution in [1.29, 1.82) is 0 Å². The van der Waals surface area contributed by atoms with Gasteiger partial charge in [-0.1, -0.05) is 0 Å². The molecule has 0 aliphatic heterocycles. The summed E-state index contributed by atoms with van der Waals surface area (Å²) < 4.78 is 1.39. The predicted molar refractivity (Wildman–Crippen MR) is 73.9 cm³/mol. The molecule has 6 heteroatoms. The van der Waals surface area contributed by atoms with Gasteiger partial charge in [0.1, 0.15) is 0 Å². The zero-order valence-corrected chi connectivity index (χ0v) is 13.0. The minimum absolute atomic E-state index is 0.564. The second kappa shape index (κ2) is 5.11. The molecular formula is C12H17GeN5. The summed E-state index contributed by atoms with van der Waals surface area (Å²) in [6, 6.07) is 6.21. The van der Waals surface area contributed by atoms with Crippen LogP contribution in [0.5, 0.6) is 0 Å². The molecule has 0 atom stereocenters. The van der Waals surface area contributed by atoms with E-state index in [0.29, 0.717) is 12.4 Å². The van der Waals surface area contributed by atoms with E-state index in [1.807, 2.05) is 6.07 Å². The Balaban J connectivity index is 2.53. The summed E-state index contributed by atoms with van der Waals surface area (Å²) in [5, 5.41) is 15.5. The van der Waals surface area contributed by atoms with Crippen LogP contribution in [0.25, 0.3) is 11.4 Å². The van der Waals surface area contributed by atoms with Crippen molar-refractivity contribution < 1.29 is 0 Å². The van der Waals surface area contributed by atoms with E-state index >= 15 is 0 Å². The van der Waals surface area contributed by atoms with Crippen LogP contribution in [0.4, 0.5) is 0 Å². The summed E-state index contributed by atoms with van der Waals surface area (Å²) in [6.07, 6.45) is 1.33. The molecule has 2 aromatic rings. The molecule has 0 fully saturated rings. The molecule has 0 aliphatic rings. The van der Waals surface area contributed by atoms with Crippen LogP contribution >= 0.6 is 0 Å². The van der Waals surface area contributed by atoms with Crippen molar-refractivity contribution in [2.45, 2.75) is 23.8 Å². The van der Waals surface area contributed by atoms with Crippen molar-refractivity contribution in [3.8, 4) is 11.4 Å². The van der Waals surface area contributed by atoms with E-state index < -0.39 is 13.3 Å². The van der Waals surface area contributed by atoms with Crippen molar-refractivity contribution in [2.24, 2.45) is 5.73 Å². The normalized spacial score (nSPS) is 11.6. The van der Waals surface area contributed by atoms with Crippen molar-refractivity contribution in [2.75, 3.05) is 0 Å². The van der Waals surface area contributed by atoms with E-state index in [2.05, 4.69) is 49.8 Å². The van der Waals surface area contributed by atoms with Gasteiger partial charge in [-0.3, -0.25) is 0 Å². The number of rotatable bonds is 3. The number of hydrogen-bond acceptors (Lipinski definition) is 5. The average Bonchev–Trinajstić information content (AvgIpc) is 2.38. The van der Waals surface area contributed by atoms with E-state index in [0.717, 1.165) is 5.56 Å². The van der Waals surface area contributed by atoms with Gasteiger partial charge in [0, 0.05) is 0 Å². The summed E-state index contributed by atoms with van der Waals surface area (Å²) >= 11 is -1.95. The van der Waals surface area contributed by atoms with Crippen LogP contribution in [-0.2, 0) is 6.54 Å². The molecule has 0 aliphatic carbocycles. The van der Waals surface area contributed by atoms with Crippen LogP contribution in [0.15, 0.2) is 24.5 Å². The number of hydrogen-bond donors (Lipinski definition) is 1. The molecule has 1 aromatic heterocycles. The predicted octanol–water partition coefficient (Wildman–Crippen LogP) is 0.937. The van der Waals surface area contributed by atoms with Crippen LogP contribution in [0.1, 0.15) is 5.56 Å². The molecule has 1 heterocycles. The van der Waals surface area contributed by atoms with E-state index in [-0.39, 0.29) is 0 Å². The third kappa shape index (κ3) is 2.73. The zero-order chi connectivity index (χ0) is 13.2. The van der Waals surface area contributed by atoms with Gasteiger partial charge in [-0.25, -0.2) is 0 Å². The molecule has 0 saturated heterocycles. The van der Waals surface area contributed by atoms with Crippen molar-refractivity contribution in [3.63, 3.8) is 0 Å². The first-order chi connectivity index (χ1) is 8.52. The van der Waals surface area contributed by atoms with Crippen LogP contribution in [0.3, 0.4) is 0 Å². The van der Waals surface area contributed by atoms with Crippen molar-refractivity contribution in [3.05, 3.63) is 30.1 Å². The van der Waals surface area contributed by atoms with Gasteiger partial charge in [0.2, 0.25) is 0 Å². The van der Waals surface area contributed by atoms with Gasteiger partial charge in [-0.05, 0) is 0 Å². The van der Waals surface area contributed by atoms with Gasteiger partial charge in [0.15, 0.2) is 0 Å². The molecule has 1 aromatic carbocycles. The molecule has 0 bridgehead atoms. The molecule has 0 unspecified atom stereocenters. The average molecular weight is 304 g/mol. The first-order valence-corrected chi connectivity index (χ1v) is 13.2. The number of benzene rings is 1. The molecule has 2 N–H and O–H groups in total. The first kappa shape index (κ1) is 13.1. The number of nitrogens with zero attached hydrogens (tertiary/aromatic N) is 4. The quantitative estimate of drug-likeness (QED) is 0.854. The van der Waals surface area contributed by atoms with Gasteiger partial charge < -0.3 is 0 Å². The molecular weight excluding hydrogens is 287 g/mol. The topological polar surface area (TPSA) is 77.6 Å². The summed E-state index contributed by atoms with van der Waals surface area (Å²) in [6.45, 7) is 0.574. The fourth-order valence-electron chi connectivity index (χ4n) is 1.91. The second-order valence-electron chi connectivity index (χ2n) is 5.20. The monoisotopic (exact) mass is 305 g/mol. The molecule has 18 heavy (non-hydrogen) atoms. The molecule has 0 amide bonds. The Morgan fingerprint density at radius 1 is 1.11 bits per heavy atom. The maximum absolute atomic E-state index is 5.81. The van der Waals surface area contributed by atoms with Crippen LogP contribution in [0.2, 0.25) is 17.3 Å². The number of aromatic nitrogens is 4. The zero-order valence-electron chi connectivity index (χ0n) is 10.9. The van der Waals surface area contributed by atoms with E-state index in [1.54, 1.807) is 0 Å². The Morgan fingerprint density at radius 2 is 1.78 bits per heavy atom. The summed E-state index contributed by atoms with van der Waals surface area (Å²) in [4.78, 5) is 0. The van der Waals surface area contributed by atoms with Gasteiger partial charge in [-0.15, -0.1) is 0 Å². The maximum atomic E-state index is 5.81. The minimum atomic E-state index is -1.95. The second-order valence-corrected chi connectivity index (χ2v) is 15.8. The Bertz CT molecular complexity index is 536. The summed E-state index contributed by atoms with van der Waals surface area (Å²) in [7, 11) is 0. The molecule has 0 saturated carbocycles. The van der Waals surface area contributed by atoms with E-state index in [9.17, 15) is 0 Å². The summed E-state index contributed by atoms with van der Waals surface area (Å²) in [5.74, 6) is 7.61. The van der Waals surface area contributed by atoms with Crippen LogP contribution in [-0.4, -0.2) is 33.7 Å². The molecule has 94 valence electrons. The van der Waals surface area contributed by atoms with E-state index in [4.69, 9.17) is 5.73 Å². The van der Waals surface area contributed by atoms with Crippen LogP contribution < -0.4 is 10.1 Å². The van der Waals surface area contributed by atoms with Crippen molar-refractivity contribution in [1.82, 2.24) is 20.4 Å². The van der Waals surface area contributed by atoms with Gasteiger partial charge >= 0.3 is 109 Å². The fraction of sp³-hybridized carbons (Fsp3) is 0.333. The SMILES string of the molecule is [CH3][Ge]([CH3])([CH3])[c]1cc(-c2nncnn2)ccc1CN. The van der Waals surface area contributed by atoms with Crippen molar-refractivity contribution >= 4 is 17.7 Å². The molecule has 2 rings (SSSR count). The summed E-state index contributed by atoms with van der Waals surface area (Å²) in [5.41, 5.74) is 8.00. The van der Waals surface area contributed by atoms with Gasteiger partial charge in [0.05, 0.1) is 0 Å². The number of nitrogens with two attached hydrogens (primary N) is 1. The first-order valence-electron chi connectivity index (χ1n) is 5.86.